The van der Waals surface area contributed by atoms with E-state index in [0.29, 0.717) is 17.8 Å². The van der Waals surface area contributed by atoms with Gasteiger partial charge >= 0.3 is 0 Å². The van der Waals surface area contributed by atoms with Crippen molar-refractivity contribution in [3.63, 3.8) is 0 Å². The van der Waals surface area contributed by atoms with Gasteiger partial charge in [0.15, 0.2) is 5.92 Å². The Balaban J connectivity index is 1.90. The van der Waals surface area contributed by atoms with Crippen molar-refractivity contribution in [3.8, 4) is 6.07 Å². The van der Waals surface area contributed by atoms with Crippen LogP contribution in [0.15, 0.2) is 4.99 Å². The van der Waals surface area contributed by atoms with Crippen LogP contribution in [-0.4, -0.2) is 35.4 Å². The van der Waals surface area contributed by atoms with Gasteiger partial charge in [-0.1, -0.05) is 26.7 Å². The van der Waals surface area contributed by atoms with Gasteiger partial charge in [-0.15, -0.1) is 0 Å². The number of likely N-dealkylation sites (tertiary alicyclic amines) is 1. The molecule has 1 saturated carbocycles. The van der Waals surface area contributed by atoms with Gasteiger partial charge in [0, 0.05) is 13.1 Å². The molecule has 1 spiro atoms. The third-order valence-electron chi connectivity index (χ3n) is 5.13. The summed E-state index contributed by atoms with van der Waals surface area (Å²) in [5.41, 5.74) is -0.462. The number of rotatable bonds is 0. The highest BCUT2D eigenvalue weighted by Gasteiger charge is 2.49. The highest BCUT2D eigenvalue weighted by atomic mass is 16.2. The Morgan fingerprint density at radius 1 is 1.29 bits per heavy atom. The van der Waals surface area contributed by atoms with Gasteiger partial charge in [0.2, 0.25) is 11.9 Å². The largest absolute Gasteiger partial charge is 0.342 e. The molecule has 5 heteroatoms. The fourth-order valence-corrected chi connectivity index (χ4v) is 4.28. The Morgan fingerprint density at radius 2 is 1.90 bits per heavy atom. The molecule has 1 saturated heterocycles. The van der Waals surface area contributed by atoms with Gasteiger partial charge in [0.25, 0.3) is 0 Å². The van der Waals surface area contributed by atoms with Gasteiger partial charge in [-0.25, -0.2) is 4.99 Å². The Labute approximate surface area is 126 Å². The van der Waals surface area contributed by atoms with Gasteiger partial charge in [-0.05, 0) is 31.1 Å². The van der Waals surface area contributed by atoms with Crippen molar-refractivity contribution in [2.24, 2.45) is 22.7 Å². The number of hydrogen-bond donors (Lipinski definition) is 1. The Morgan fingerprint density at radius 3 is 2.48 bits per heavy atom. The summed E-state index contributed by atoms with van der Waals surface area (Å²) in [5.74, 6) is 1.16. The molecule has 3 atom stereocenters. The van der Waals surface area contributed by atoms with E-state index in [1.54, 1.807) is 0 Å². The van der Waals surface area contributed by atoms with Crippen LogP contribution in [0.2, 0.25) is 0 Å². The summed E-state index contributed by atoms with van der Waals surface area (Å²) in [6, 6.07) is 2.19. The molecule has 5 nitrogen and oxygen atoms in total. The highest BCUT2D eigenvalue weighted by molar-refractivity contribution is 6.02. The smallest absolute Gasteiger partial charge is 0.246 e. The van der Waals surface area contributed by atoms with Crippen molar-refractivity contribution < 1.29 is 4.79 Å². The zero-order chi connectivity index (χ0) is 15.0. The molecule has 2 heterocycles. The molecule has 1 N–H and O–H groups in total. The van der Waals surface area contributed by atoms with E-state index < -0.39 is 11.5 Å². The SMILES string of the molecule is C[C@@H]1C[C@H](C)CN(C2=NC3(CCCC3)[C@H](C#N)C(=O)N2)C1. The predicted octanol–water partition coefficient (Wildman–Crippen LogP) is 1.90. The number of piperidine rings is 1. The molecule has 1 aliphatic carbocycles. The van der Waals surface area contributed by atoms with Crippen molar-refractivity contribution >= 4 is 11.9 Å². The predicted molar refractivity (Wildman–Crippen MR) is 80.4 cm³/mol. The molecular formula is C16H24N4O. The minimum absolute atomic E-state index is 0.157. The molecule has 3 rings (SSSR count). The van der Waals surface area contributed by atoms with Crippen molar-refractivity contribution in [2.75, 3.05) is 13.1 Å². The van der Waals surface area contributed by atoms with E-state index in [4.69, 9.17) is 4.99 Å². The van der Waals surface area contributed by atoms with Crippen molar-refractivity contribution in [2.45, 2.75) is 51.5 Å². The first-order valence-corrected chi connectivity index (χ1v) is 8.09. The summed E-state index contributed by atoms with van der Waals surface area (Å²) in [6.07, 6.45) is 5.08. The molecule has 0 aromatic rings. The Kier molecular flexibility index (Phi) is 3.64. The second kappa shape index (κ2) is 5.32. The number of guanidine groups is 1. The molecule has 2 fully saturated rings. The van der Waals surface area contributed by atoms with Gasteiger partial charge in [-0.2, -0.15) is 5.26 Å². The molecule has 0 bridgehead atoms. The normalized spacial score (nSPS) is 35.3. The second-order valence-electron chi connectivity index (χ2n) is 7.15. The number of nitrogens with one attached hydrogen (secondary N) is 1. The van der Waals surface area contributed by atoms with Gasteiger partial charge < -0.3 is 4.90 Å². The second-order valence-corrected chi connectivity index (χ2v) is 7.15. The van der Waals surface area contributed by atoms with Crippen LogP contribution in [-0.2, 0) is 4.79 Å². The van der Waals surface area contributed by atoms with E-state index in [9.17, 15) is 10.1 Å². The molecular weight excluding hydrogens is 264 g/mol. The van der Waals surface area contributed by atoms with Crippen molar-refractivity contribution in [1.82, 2.24) is 10.2 Å². The maximum absolute atomic E-state index is 12.4. The summed E-state index contributed by atoms with van der Waals surface area (Å²) in [6.45, 7) is 6.38. The van der Waals surface area contributed by atoms with E-state index >= 15 is 0 Å². The number of nitrogens with zero attached hydrogens (tertiary/aromatic N) is 3. The van der Waals surface area contributed by atoms with Crippen LogP contribution in [0.1, 0.15) is 46.0 Å². The molecule has 114 valence electrons. The maximum atomic E-state index is 12.4. The summed E-state index contributed by atoms with van der Waals surface area (Å²) in [4.78, 5) is 19.5. The molecule has 0 radical (unpaired) electrons. The lowest BCUT2D eigenvalue weighted by Gasteiger charge is -2.41. The molecule has 0 aromatic heterocycles. The number of aliphatic imine (C=N–C) groups is 1. The lowest BCUT2D eigenvalue weighted by atomic mass is 9.82. The molecule has 0 aromatic carbocycles. The van der Waals surface area contributed by atoms with Crippen LogP contribution in [0.3, 0.4) is 0 Å². The minimum atomic E-state index is -0.622. The van der Waals surface area contributed by atoms with Gasteiger partial charge in [-0.3, -0.25) is 10.1 Å². The number of nitriles is 1. The van der Waals surface area contributed by atoms with Crippen LogP contribution in [0.5, 0.6) is 0 Å². The van der Waals surface area contributed by atoms with Crippen LogP contribution in [0.4, 0.5) is 0 Å². The number of carbonyl (C=O) groups is 1. The summed E-state index contributed by atoms with van der Waals surface area (Å²) >= 11 is 0. The number of hydrogen-bond acceptors (Lipinski definition) is 4. The average Bonchev–Trinajstić information content (AvgIpc) is 2.86. The van der Waals surface area contributed by atoms with E-state index in [-0.39, 0.29) is 5.91 Å². The van der Waals surface area contributed by atoms with Gasteiger partial charge in [0.05, 0.1) is 11.6 Å². The van der Waals surface area contributed by atoms with E-state index in [0.717, 1.165) is 38.8 Å². The summed E-state index contributed by atoms with van der Waals surface area (Å²) in [7, 11) is 0. The minimum Gasteiger partial charge on any atom is -0.342 e. The standard InChI is InChI=1S/C16H24N4O/c1-11-7-12(2)10-20(9-11)15-18-14(21)13(8-17)16(19-15)5-3-4-6-16/h11-13H,3-7,9-10H2,1-2H3,(H,18,19,21)/t11-,12+,13-/m1/s1. The topological polar surface area (TPSA) is 68.5 Å². The lowest BCUT2D eigenvalue weighted by Crippen LogP contribution is -2.58. The van der Waals surface area contributed by atoms with E-state index in [2.05, 4.69) is 30.1 Å². The quantitative estimate of drug-likeness (QED) is 0.740. The molecule has 1 amide bonds. The third kappa shape index (κ3) is 2.52. The summed E-state index contributed by atoms with van der Waals surface area (Å²) < 4.78 is 0. The summed E-state index contributed by atoms with van der Waals surface area (Å²) in [5, 5.41) is 12.3. The first kappa shape index (κ1) is 14.4. The third-order valence-corrected chi connectivity index (χ3v) is 5.13. The number of carbonyl (C=O) groups excluding carboxylic acids is 1. The van der Waals surface area contributed by atoms with Crippen LogP contribution in [0, 0.1) is 29.1 Å². The highest BCUT2D eigenvalue weighted by Crippen LogP contribution is 2.41. The monoisotopic (exact) mass is 288 g/mol. The fourth-order valence-electron chi connectivity index (χ4n) is 4.28. The van der Waals surface area contributed by atoms with E-state index in [1.165, 1.54) is 6.42 Å². The zero-order valence-electron chi connectivity index (χ0n) is 12.9. The first-order chi connectivity index (χ1) is 10.0. The number of amides is 1. The van der Waals surface area contributed by atoms with E-state index in [1.807, 2.05) is 0 Å². The van der Waals surface area contributed by atoms with Crippen LogP contribution >= 0.6 is 0 Å². The fraction of sp³-hybridized carbons (Fsp3) is 0.812. The van der Waals surface area contributed by atoms with Crippen LogP contribution < -0.4 is 5.32 Å². The lowest BCUT2D eigenvalue weighted by molar-refractivity contribution is -0.124. The molecule has 3 aliphatic rings. The molecule has 21 heavy (non-hydrogen) atoms. The Bertz CT molecular complexity index is 491. The molecule has 0 unspecified atom stereocenters. The molecule has 2 aliphatic heterocycles. The zero-order valence-corrected chi connectivity index (χ0v) is 12.9. The first-order valence-electron chi connectivity index (χ1n) is 8.09. The van der Waals surface area contributed by atoms with Gasteiger partial charge in [0.1, 0.15) is 0 Å². The Hall–Kier alpha value is -1.57. The van der Waals surface area contributed by atoms with Crippen LogP contribution in [0.25, 0.3) is 0 Å². The van der Waals surface area contributed by atoms with Crippen molar-refractivity contribution in [1.29, 1.82) is 5.26 Å². The average molecular weight is 288 g/mol. The maximum Gasteiger partial charge on any atom is 0.246 e. The van der Waals surface area contributed by atoms with Crippen molar-refractivity contribution in [3.05, 3.63) is 0 Å².